The Bertz CT molecular complexity index is 1370. The Labute approximate surface area is 221 Å². The van der Waals surface area contributed by atoms with Crippen LogP contribution in [0.4, 0.5) is 22.7 Å². The predicted molar refractivity (Wildman–Crippen MR) is 147 cm³/mol. The van der Waals surface area contributed by atoms with E-state index in [1.54, 1.807) is 30.3 Å². The SMILES string of the molecule is COc1cc(-c2ccc3c(c2)Nc2ccc(CC(=O)NCCCCN(C)C)cc2NC3=O)ccc1[N+](=O)[O-]. The van der Waals surface area contributed by atoms with Crippen LogP contribution in [0, 0.1) is 10.1 Å². The maximum absolute atomic E-state index is 13.0. The van der Waals surface area contributed by atoms with Crippen molar-refractivity contribution in [3.8, 4) is 16.9 Å². The molecule has 0 aromatic heterocycles. The van der Waals surface area contributed by atoms with Crippen LogP contribution in [0.3, 0.4) is 0 Å². The van der Waals surface area contributed by atoms with Crippen LogP contribution in [0.2, 0.25) is 0 Å². The molecule has 0 atom stereocenters. The second-order valence-corrected chi connectivity index (χ2v) is 9.40. The van der Waals surface area contributed by atoms with Gasteiger partial charge >= 0.3 is 5.69 Å². The molecule has 0 spiro atoms. The zero-order chi connectivity index (χ0) is 27.2. The Hall–Kier alpha value is -4.44. The van der Waals surface area contributed by atoms with Crippen LogP contribution in [-0.2, 0) is 11.2 Å². The van der Waals surface area contributed by atoms with E-state index in [0.29, 0.717) is 34.7 Å². The van der Waals surface area contributed by atoms with Gasteiger partial charge in [0.1, 0.15) is 0 Å². The highest BCUT2D eigenvalue weighted by Gasteiger charge is 2.21. The van der Waals surface area contributed by atoms with Gasteiger partial charge in [0.05, 0.1) is 41.1 Å². The lowest BCUT2D eigenvalue weighted by Crippen LogP contribution is -2.26. The summed E-state index contributed by atoms with van der Waals surface area (Å²) in [6, 6.07) is 15.5. The Kier molecular flexibility index (Phi) is 8.22. The number of nitro groups is 1. The van der Waals surface area contributed by atoms with Crippen molar-refractivity contribution in [2.45, 2.75) is 19.3 Å². The predicted octanol–water partition coefficient (Wildman–Crippen LogP) is 4.58. The monoisotopic (exact) mass is 517 g/mol. The number of nitrogens with zero attached hydrogens (tertiary/aromatic N) is 2. The molecule has 0 radical (unpaired) electrons. The second kappa shape index (κ2) is 11.7. The van der Waals surface area contributed by atoms with Crippen LogP contribution < -0.4 is 20.7 Å². The van der Waals surface area contributed by atoms with Gasteiger partial charge < -0.3 is 25.6 Å². The average molecular weight is 518 g/mol. The molecule has 3 aromatic rings. The zero-order valence-corrected chi connectivity index (χ0v) is 21.7. The van der Waals surface area contributed by atoms with Crippen molar-refractivity contribution in [2.24, 2.45) is 0 Å². The molecule has 1 aliphatic heterocycles. The number of benzene rings is 3. The topological polar surface area (TPSA) is 126 Å². The van der Waals surface area contributed by atoms with Gasteiger partial charge in [-0.1, -0.05) is 12.1 Å². The molecule has 0 saturated carbocycles. The van der Waals surface area contributed by atoms with E-state index in [4.69, 9.17) is 4.74 Å². The van der Waals surface area contributed by atoms with Gasteiger partial charge in [0, 0.05) is 12.6 Å². The maximum atomic E-state index is 13.0. The number of methoxy groups -OCH3 is 1. The Balaban J connectivity index is 1.49. The zero-order valence-electron chi connectivity index (χ0n) is 21.7. The molecule has 10 heteroatoms. The third-order valence-corrected chi connectivity index (χ3v) is 6.29. The molecule has 198 valence electrons. The van der Waals surface area contributed by atoms with Crippen molar-refractivity contribution in [1.29, 1.82) is 0 Å². The van der Waals surface area contributed by atoms with E-state index in [2.05, 4.69) is 20.9 Å². The Morgan fingerprint density at radius 3 is 2.47 bits per heavy atom. The molecular weight excluding hydrogens is 486 g/mol. The fraction of sp³-hybridized carbons (Fsp3) is 0.286. The van der Waals surface area contributed by atoms with Crippen molar-refractivity contribution in [2.75, 3.05) is 44.9 Å². The van der Waals surface area contributed by atoms with Gasteiger partial charge in [-0.25, -0.2) is 0 Å². The molecule has 10 nitrogen and oxygen atoms in total. The largest absolute Gasteiger partial charge is 0.490 e. The number of nitrogens with one attached hydrogen (secondary N) is 3. The number of fused-ring (bicyclic) bond motifs is 2. The molecule has 38 heavy (non-hydrogen) atoms. The molecule has 0 unspecified atom stereocenters. The molecule has 4 rings (SSSR count). The van der Waals surface area contributed by atoms with E-state index in [1.165, 1.54) is 13.2 Å². The third kappa shape index (κ3) is 6.27. The average Bonchev–Trinajstić information content (AvgIpc) is 3.02. The first-order valence-corrected chi connectivity index (χ1v) is 12.3. The number of carbonyl (C=O) groups excluding carboxylic acids is 2. The number of ether oxygens (including phenoxy) is 1. The highest BCUT2D eigenvalue weighted by atomic mass is 16.6. The number of carbonyl (C=O) groups is 2. The van der Waals surface area contributed by atoms with Crippen LogP contribution in [0.25, 0.3) is 11.1 Å². The highest BCUT2D eigenvalue weighted by molar-refractivity contribution is 6.12. The minimum Gasteiger partial charge on any atom is -0.490 e. The second-order valence-electron chi connectivity index (χ2n) is 9.40. The van der Waals surface area contributed by atoms with Crippen molar-refractivity contribution in [3.63, 3.8) is 0 Å². The molecule has 1 aliphatic rings. The Morgan fingerprint density at radius 1 is 0.974 bits per heavy atom. The van der Waals surface area contributed by atoms with Crippen molar-refractivity contribution < 1.29 is 19.2 Å². The summed E-state index contributed by atoms with van der Waals surface area (Å²) < 4.78 is 5.19. The molecule has 1 heterocycles. The molecule has 2 amide bonds. The molecule has 3 aromatic carbocycles. The van der Waals surface area contributed by atoms with Gasteiger partial charge in [0.2, 0.25) is 5.91 Å². The number of unbranched alkanes of at least 4 members (excludes halogenated alkanes) is 1. The number of amides is 2. The summed E-state index contributed by atoms with van der Waals surface area (Å²) >= 11 is 0. The van der Waals surface area contributed by atoms with E-state index < -0.39 is 4.92 Å². The molecular formula is C28H31N5O5. The van der Waals surface area contributed by atoms with Crippen LogP contribution in [-0.4, -0.2) is 55.9 Å². The molecule has 0 aliphatic carbocycles. The number of nitro benzene ring substituents is 1. The normalized spacial score (nSPS) is 12.1. The van der Waals surface area contributed by atoms with Gasteiger partial charge in [-0.3, -0.25) is 19.7 Å². The molecule has 0 bridgehead atoms. The summed E-state index contributed by atoms with van der Waals surface area (Å²) in [7, 11) is 5.44. The fourth-order valence-electron chi connectivity index (χ4n) is 4.31. The molecule has 0 fully saturated rings. The van der Waals surface area contributed by atoms with E-state index in [9.17, 15) is 19.7 Å². The molecule has 3 N–H and O–H groups in total. The first-order valence-electron chi connectivity index (χ1n) is 12.3. The standard InChI is InChI=1S/C28H31N5O5/c1-32(2)13-5-4-12-29-27(34)15-18-6-10-22-24(14-18)31-28(35)21-9-7-19(16-23(21)30-22)20-8-11-25(33(36)37)26(17-20)38-3/h6-11,14,16-17,30H,4-5,12-13,15H2,1-3H3,(H,29,34)(H,31,35). The van der Waals surface area contributed by atoms with Crippen LogP contribution in [0.1, 0.15) is 28.8 Å². The summed E-state index contributed by atoms with van der Waals surface area (Å²) in [5.41, 5.74) is 4.48. The van der Waals surface area contributed by atoms with Gasteiger partial charge in [0.15, 0.2) is 5.75 Å². The van der Waals surface area contributed by atoms with E-state index in [1.807, 2.05) is 32.3 Å². The Morgan fingerprint density at radius 2 is 1.74 bits per heavy atom. The summed E-state index contributed by atoms with van der Waals surface area (Å²) in [6.45, 7) is 1.62. The number of anilines is 3. The van der Waals surface area contributed by atoms with Crippen LogP contribution in [0.15, 0.2) is 54.6 Å². The highest BCUT2D eigenvalue weighted by Crippen LogP contribution is 2.37. The number of rotatable bonds is 10. The van der Waals surface area contributed by atoms with Crippen molar-refractivity contribution in [1.82, 2.24) is 10.2 Å². The lowest BCUT2D eigenvalue weighted by molar-refractivity contribution is -0.385. The quantitative estimate of drug-likeness (QED) is 0.204. The minimum atomic E-state index is -0.493. The summed E-state index contributed by atoms with van der Waals surface area (Å²) in [4.78, 5) is 38.2. The lowest BCUT2D eigenvalue weighted by atomic mass is 10.0. The number of hydrogen-bond acceptors (Lipinski definition) is 7. The van der Waals surface area contributed by atoms with E-state index in [-0.39, 0.29) is 29.7 Å². The smallest absolute Gasteiger partial charge is 0.310 e. The van der Waals surface area contributed by atoms with Gasteiger partial charge in [-0.2, -0.15) is 0 Å². The summed E-state index contributed by atoms with van der Waals surface area (Å²) in [5.74, 6) is -0.181. The van der Waals surface area contributed by atoms with Crippen molar-refractivity contribution in [3.05, 3.63) is 75.8 Å². The first-order chi connectivity index (χ1) is 18.2. The van der Waals surface area contributed by atoms with Crippen LogP contribution in [0.5, 0.6) is 5.75 Å². The number of hydrogen-bond donors (Lipinski definition) is 3. The third-order valence-electron chi connectivity index (χ3n) is 6.29. The van der Waals surface area contributed by atoms with Gasteiger partial charge in [0.25, 0.3) is 5.91 Å². The minimum absolute atomic E-state index is 0.0610. The van der Waals surface area contributed by atoms with E-state index in [0.717, 1.165) is 30.5 Å². The summed E-state index contributed by atoms with van der Waals surface area (Å²) in [5, 5.41) is 20.4. The molecule has 0 saturated heterocycles. The van der Waals surface area contributed by atoms with Crippen LogP contribution >= 0.6 is 0 Å². The van der Waals surface area contributed by atoms with E-state index >= 15 is 0 Å². The summed E-state index contributed by atoms with van der Waals surface area (Å²) in [6.07, 6.45) is 2.15. The van der Waals surface area contributed by atoms with Gasteiger partial charge in [-0.05, 0) is 86.6 Å². The fourth-order valence-corrected chi connectivity index (χ4v) is 4.31. The maximum Gasteiger partial charge on any atom is 0.310 e. The lowest BCUT2D eigenvalue weighted by Gasteiger charge is -2.12. The first kappa shape index (κ1) is 26.6. The van der Waals surface area contributed by atoms with Crippen molar-refractivity contribution >= 4 is 34.6 Å². The van der Waals surface area contributed by atoms with Gasteiger partial charge in [-0.15, -0.1) is 0 Å².